The quantitative estimate of drug-likeness (QED) is 0.140. The molecular formula is C27H30O16. The van der Waals surface area contributed by atoms with E-state index in [-0.39, 0.29) is 11.1 Å². The summed E-state index contributed by atoms with van der Waals surface area (Å²) in [5.74, 6) is -3.33. The zero-order valence-electron chi connectivity index (χ0n) is 22.3. The van der Waals surface area contributed by atoms with Gasteiger partial charge in [-0.15, -0.1) is 0 Å². The lowest BCUT2D eigenvalue weighted by Crippen LogP contribution is -2.61. The monoisotopic (exact) mass is 610 g/mol. The van der Waals surface area contributed by atoms with E-state index >= 15 is 0 Å². The molecule has 2 aromatic carbocycles. The number of hydrogen-bond acceptors (Lipinski definition) is 16. The molecule has 2 fully saturated rings. The minimum atomic E-state index is -1.97. The van der Waals surface area contributed by atoms with Crippen LogP contribution in [0.2, 0.25) is 0 Å². The topological polar surface area (TPSA) is 269 Å². The minimum Gasteiger partial charge on any atom is -0.508 e. The SMILES string of the molecule is C[C@H]1O[C@H](OCC2O[C@@H](Oc3c(-c4ccc(O)c(O)c4)oc4cc(O)cc(O)c4c3=O)[C@H](O)[C@H](O)[C@H]2O)C(O)C(O)C1O. The number of aliphatic hydroxyl groups is 6. The van der Waals surface area contributed by atoms with E-state index in [1.165, 1.54) is 13.0 Å². The van der Waals surface area contributed by atoms with Crippen molar-refractivity contribution in [1.82, 2.24) is 0 Å². The number of aromatic hydroxyl groups is 4. The van der Waals surface area contributed by atoms with Crippen molar-refractivity contribution < 1.29 is 74.4 Å². The standard InChI is InChI=1S/C27H30O16/c1-8-17(32)20(35)22(37)26(40-8)39-7-15-18(33)21(36)23(38)27(42-15)43-25-19(34)16-13(31)5-10(28)6-14(16)41-24(25)9-2-3-11(29)12(30)4-9/h2-6,8,15,17-18,20-23,26-33,35-38H,7H2,1H3/t8-,15?,17?,18+,20?,21-,22?,23-,26+,27+/m1/s1. The molecule has 234 valence electrons. The molecule has 0 spiro atoms. The Bertz CT molecular complexity index is 1540. The summed E-state index contributed by atoms with van der Waals surface area (Å²) in [4.78, 5) is 13.6. The molecule has 2 saturated heterocycles. The van der Waals surface area contributed by atoms with Gasteiger partial charge < -0.3 is 74.4 Å². The third kappa shape index (κ3) is 5.67. The van der Waals surface area contributed by atoms with Crippen LogP contribution < -0.4 is 10.2 Å². The molecule has 2 aliphatic heterocycles. The van der Waals surface area contributed by atoms with Crippen molar-refractivity contribution in [2.45, 2.75) is 68.3 Å². The van der Waals surface area contributed by atoms with Crippen LogP contribution in [-0.4, -0.2) is 119 Å². The highest BCUT2D eigenvalue weighted by Gasteiger charge is 2.47. The van der Waals surface area contributed by atoms with Crippen LogP contribution in [0.4, 0.5) is 0 Å². The van der Waals surface area contributed by atoms with E-state index in [1.807, 2.05) is 0 Å². The highest BCUT2D eigenvalue weighted by molar-refractivity contribution is 5.88. The molecule has 16 nitrogen and oxygen atoms in total. The van der Waals surface area contributed by atoms with Gasteiger partial charge in [0.1, 0.15) is 65.2 Å². The number of hydrogen-bond donors (Lipinski definition) is 10. The van der Waals surface area contributed by atoms with E-state index in [2.05, 4.69) is 0 Å². The van der Waals surface area contributed by atoms with Crippen LogP contribution in [0.1, 0.15) is 6.92 Å². The fourth-order valence-corrected chi connectivity index (χ4v) is 4.84. The highest BCUT2D eigenvalue weighted by Crippen LogP contribution is 2.39. The van der Waals surface area contributed by atoms with Gasteiger partial charge in [0.05, 0.1) is 12.7 Å². The molecule has 2 aliphatic rings. The predicted molar refractivity (Wildman–Crippen MR) is 140 cm³/mol. The lowest BCUT2D eigenvalue weighted by molar-refractivity contribution is -0.318. The number of benzene rings is 2. The first-order valence-corrected chi connectivity index (χ1v) is 13.0. The largest absolute Gasteiger partial charge is 0.508 e. The van der Waals surface area contributed by atoms with Crippen LogP contribution >= 0.6 is 0 Å². The smallest absolute Gasteiger partial charge is 0.239 e. The number of aliphatic hydroxyl groups excluding tert-OH is 6. The van der Waals surface area contributed by atoms with Gasteiger partial charge in [-0.25, -0.2) is 0 Å². The van der Waals surface area contributed by atoms with Crippen LogP contribution in [0, 0.1) is 0 Å². The Balaban J connectivity index is 1.48. The third-order valence-corrected chi connectivity index (χ3v) is 7.29. The molecule has 1 aromatic heterocycles. The predicted octanol–water partition coefficient (Wildman–Crippen LogP) is -1.69. The molecule has 5 rings (SSSR count). The van der Waals surface area contributed by atoms with Gasteiger partial charge in [-0.1, -0.05) is 0 Å². The molecule has 3 aromatic rings. The van der Waals surface area contributed by atoms with Crippen molar-refractivity contribution in [2.75, 3.05) is 6.61 Å². The maximum Gasteiger partial charge on any atom is 0.239 e. The van der Waals surface area contributed by atoms with Gasteiger partial charge in [0.2, 0.25) is 17.5 Å². The molecule has 0 aliphatic carbocycles. The normalized spacial score (nSPS) is 33.0. The molecule has 0 bridgehead atoms. The summed E-state index contributed by atoms with van der Waals surface area (Å²) in [7, 11) is 0. The number of ether oxygens (including phenoxy) is 4. The lowest BCUT2D eigenvalue weighted by atomic mass is 9.98. The maximum absolute atomic E-state index is 13.6. The summed E-state index contributed by atoms with van der Waals surface area (Å²) in [6, 6.07) is 5.24. The Labute approximate surface area is 241 Å². The summed E-state index contributed by atoms with van der Waals surface area (Å²) in [6.07, 6.45) is -16.2. The fourth-order valence-electron chi connectivity index (χ4n) is 4.84. The lowest BCUT2D eigenvalue weighted by Gasteiger charge is -2.42. The van der Waals surface area contributed by atoms with Gasteiger partial charge in [-0.05, 0) is 25.1 Å². The fraction of sp³-hybridized carbons (Fsp3) is 0.444. The molecule has 0 radical (unpaired) electrons. The Hall–Kier alpha value is -3.71. The molecule has 43 heavy (non-hydrogen) atoms. The van der Waals surface area contributed by atoms with Crippen LogP contribution in [0.5, 0.6) is 28.7 Å². The van der Waals surface area contributed by atoms with Gasteiger partial charge in [0.15, 0.2) is 23.5 Å². The van der Waals surface area contributed by atoms with Crippen molar-refractivity contribution >= 4 is 11.0 Å². The molecule has 10 atom stereocenters. The second-order valence-corrected chi connectivity index (χ2v) is 10.3. The Morgan fingerprint density at radius 1 is 0.744 bits per heavy atom. The molecule has 4 unspecified atom stereocenters. The zero-order chi connectivity index (χ0) is 31.3. The minimum absolute atomic E-state index is 0.0313. The van der Waals surface area contributed by atoms with E-state index in [0.29, 0.717) is 0 Å². The highest BCUT2D eigenvalue weighted by atomic mass is 16.7. The van der Waals surface area contributed by atoms with Crippen molar-refractivity contribution in [3.63, 3.8) is 0 Å². The average Bonchev–Trinajstić information content (AvgIpc) is 2.96. The summed E-state index contributed by atoms with van der Waals surface area (Å²) >= 11 is 0. The summed E-state index contributed by atoms with van der Waals surface area (Å²) in [6.45, 7) is 0.818. The number of phenolic OH excluding ortho intramolecular Hbond substituents is 4. The van der Waals surface area contributed by atoms with Crippen LogP contribution in [0.25, 0.3) is 22.3 Å². The van der Waals surface area contributed by atoms with E-state index in [1.54, 1.807) is 0 Å². The summed E-state index contributed by atoms with van der Waals surface area (Å²) in [5.41, 5.74) is -1.35. The van der Waals surface area contributed by atoms with Crippen LogP contribution in [0.3, 0.4) is 0 Å². The van der Waals surface area contributed by atoms with Gasteiger partial charge in [-0.2, -0.15) is 0 Å². The van der Waals surface area contributed by atoms with Gasteiger partial charge >= 0.3 is 0 Å². The average molecular weight is 611 g/mol. The third-order valence-electron chi connectivity index (χ3n) is 7.29. The molecule has 0 saturated carbocycles. The van der Waals surface area contributed by atoms with Crippen molar-refractivity contribution in [2.24, 2.45) is 0 Å². The van der Waals surface area contributed by atoms with E-state index in [4.69, 9.17) is 23.4 Å². The van der Waals surface area contributed by atoms with Crippen molar-refractivity contribution in [3.8, 4) is 40.1 Å². The Kier molecular flexibility index (Phi) is 8.41. The Morgan fingerprint density at radius 3 is 2.12 bits per heavy atom. The van der Waals surface area contributed by atoms with E-state index in [9.17, 15) is 55.9 Å². The van der Waals surface area contributed by atoms with E-state index in [0.717, 1.165) is 24.3 Å². The number of phenols is 4. The Morgan fingerprint density at radius 2 is 1.42 bits per heavy atom. The molecule has 16 heteroatoms. The molecule has 0 amide bonds. The second-order valence-electron chi connectivity index (χ2n) is 10.3. The number of rotatable bonds is 6. The first-order valence-electron chi connectivity index (χ1n) is 13.0. The van der Waals surface area contributed by atoms with Crippen LogP contribution in [-0.2, 0) is 14.2 Å². The summed E-state index contributed by atoms with van der Waals surface area (Å²) in [5, 5.41) is 101. The second kappa shape index (κ2) is 11.8. The molecular weight excluding hydrogens is 580 g/mol. The summed E-state index contributed by atoms with van der Waals surface area (Å²) < 4.78 is 27.8. The van der Waals surface area contributed by atoms with Gasteiger partial charge in [-0.3, -0.25) is 4.79 Å². The zero-order valence-corrected chi connectivity index (χ0v) is 22.3. The van der Waals surface area contributed by atoms with Gasteiger partial charge in [0.25, 0.3) is 0 Å². The molecule has 3 heterocycles. The maximum atomic E-state index is 13.6. The van der Waals surface area contributed by atoms with Crippen molar-refractivity contribution in [3.05, 3.63) is 40.6 Å². The van der Waals surface area contributed by atoms with Crippen LogP contribution in [0.15, 0.2) is 39.5 Å². The first-order chi connectivity index (χ1) is 20.3. The van der Waals surface area contributed by atoms with Gasteiger partial charge in [0, 0.05) is 17.7 Å². The number of fused-ring (bicyclic) bond motifs is 1. The van der Waals surface area contributed by atoms with Crippen molar-refractivity contribution in [1.29, 1.82) is 0 Å². The van der Waals surface area contributed by atoms with E-state index < -0.39 is 113 Å². The first kappa shape index (κ1) is 30.7. The molecule has 10 N–H and O–H groups in total.